The highest BCUT2D eigenvalue weighted by atomic mass is 35.5. The molecule has 0 atom stereocenters. The van der Waals surface area contributed by atoms with E-state index in [4.69, 9.17) is 17.4 Å². The Labute approximate surface area is 140 Å². The van der Waals surface area contributed by atoms with Crippen molar-refractivity contribution in [1.82, 2.24) is 4.98 Å². The lowest BCUT2D eigenvalue weighted by molar-refractivity contribution is 0.0983. The molecule has 4 nitrogen and oxygen atoms in total. The average Bonchev–Trinajstić information content (AvgIpc) is 3.04. The molecule has 1 aromatic heterocycles. The Kier molecular flexibility index (Phi) is 4.38. The van der Waals surface area contributed by atoms with Crippen LogP contribution in [0.1, 0.15) is 10.4 Å². The molecular formula is C16H11ClFN3OS. The molecule has 0 aliphatic carbocycles. The first-order chi connectivity index (χ1) is 11.1. The number of halogens is 2. The van der Waals surface area contributed by atoms with E-state index in [1.807, 2.05) is 12.1 Å². The van der Waals surface area contributed by atoms with Crippen molar-refractivity contribution in [3.05, 3.63) is 70.3 Å². The van der Waals surface area contributed by atoms with Crippen molar-refractivity contribution in [2.45, 2.75) is 0 Å². The predicted molar refractivity (Wildman–Crippen MR) is 90.0 cm³/mol. The molecule has 3 rings (SSSR count). The summed E-state index contributed by atoms with van der Waals surface area (Å²) >= 11 is 7.05. The zero-order valence-electron chi connectivity index (χ0n) is 11.7. The summed E-state index contributed by atoms with van der Waals surface area (Å²) < 4.78 is 13.7. The lowest BCUT2D eigenvalue weighted by Crippen LogP contribution is -2.37. The summed E-state index contributed by atoms with van der Waals surface area (Å²) in [5, 5.41) is 3.53. The molecule has 1 amide bonds. The molecule has 0 bridgehead atoms. The molecule has 116 valence electrons. The van der Waals surface area contributed by atoms with Gasteiger partial charge in [-0.2, -0.15) is 0 Å². The van der Waals surface area contributed by atoms with E-state index in [1.54, 1.807) is 23.6 Å². The molecule has 2 aromatic carbocycles. The molecular weight excluding hydrogens is 337 g/mol. The van der Waals surface area contributed by atoms with Crippen molar-refractivity contribution in [2.24, 2.45) is 5.84 Å². The molecule has 0 saturated heterocycles. The minimum atomic E-state index is -0.653. The van der Waals surface area contributed by atoms with E-state index < -0.39 is 11.7 Å². The van der Waals surface area contributed by atoms with Crippen LogP contribution in [0.4, 0.5) is 9.52 Å². The van der Waals surface area contributed by atoms with Crippen molar-refractivity contribution < 1.29 is 9.18 Å². The highest BCUT2D eigenvalue weighted by molar-refractivity contribution is 7.14. The number of carbonyl (C=O) groups excluding carboxylic acids is 1. The maximum Gasteiger partial charge on any atom is 0.277 e. The third kappa shape index (κ3) is 3.24. The van der Waals surface area contributed by atoms with Gasteiger partial charge < -0.3 is 0 Å². The highest BCUT2D eigenvalue weighted by Crippen LogP contribution is 2.28. The largest absolute Gasteiger partial charge is 0.277 e. The Hall–Kier alpha value is -2.28. The standard InChI is InChI=1S/C16H11ClFN3OS/c17-11-7-5-10(6-8-11)14-9-23-16(20-14)21(19)15(22)12-3-1-2-4-13(12)18/h1-9H,19H2. The Balaban J connectivity index is 1.86. The van der Waals surface area contributed by atoms with Crippen LogP contribution in [0.15, 0.2) is 53.9 Å². The number of nitrogens with two attached hydrogens (primary N) is 1. The Morgan fingerprint density at radius 1 is 1.17 bits per heavy atom. The number of hydrazine groups is 1. The molecule has 0 radical (unpaired) electrons. The van der Waals surface area contributed by atoms with Crippen LogP contribution in [0.5, 0.6) is 0 Å². The predicted octanol–water partition coefficient (Wildman–Crippen LogP) is 4.12. The van der Waals surface area contributed by atoms with Crippen LogP contribution in [0.25, 0.3) is 11.3 Å². The number of anilines is 1. The second-order valence-electron chi connectivity index (χ2n) is 4.68. The zero-order valence-corrected chi connectivity index (χ0v) is 13.3. The van der Waals surface area contributed by atoms with Gasteiger partial charge in [-0.05, 0) is 24.3 Å². The van der Waals surface area contributed by atoms with Gasteiger partial charge in [-0.25, -0.2) is 20.2 Å². The van der Waals surface area contributed by atoms with Gasteiger partial charge in [0.25, 0.3) is 5.91 Å². The summed E-state index contributed by atoms with van der Waals surface area (Å²) in [6, 6.07) is 12.8. The van der Waals surface area contributed by atoms with Crippen molar-refractivity contribution >= 4 is 34.0 Å². The van der Waals surface area contributed by atoms with Crippen molar-refractivity contribution in [3.8, 4) is 11.3 Å². The number of rotatable bonds is 3. The van der Waals surface area contributed by atoms with E-state index in [2.05, 4.69) is 4.98 Å². The molecule has 0 spiro atoms. The summed E-state index contributed by atoms with van der Waals surface area (Å²) in [7, 11) is 0. The van der Waals surface area contributed by atoms with E-state index in [0.29, 0.717) is 10.7 Å². The fourth-order valence-electron chi connectivity index (χ4n) is 1.98. The van der Waals surface area contributed by atoms with Gasteiger partial charge in [-0.1, -0.05) is 35.9 Å². The van der Waals surface area contributed by atoms with Gasteiger partial charge in [0, 0.05) is 16.0 Å². The Bertz CT molecular complexity index is 851. The fourth-order valence-corrected chi connectivity index (χ4v) is 2.86. The van der Waals surface area contributed by atoms with Crippen molar-refractivity contribution in [2.75, 3.05) is 5.01 Å². The number of hydrogen-bond donors (Lipinski definition) is 1. The summed E-state index contributed by atoms with van der Waals surface area (Å²) in [6.07, 6.45) is 0. The third-order valence-electron chi connectivity index (χ3n) is 3.16. The first-order valence-electron chi connectivity index (χ1n) is 6.61. The minimum Gasteiger partial charge on any atom is -0.267 e. The second-order valence-corrected chi connectivity index (χ2v) is 5.95. The monoisotopic (exact) mass is 347 g/mol. The summed E-state index contributed by atoms with van der Waals surface area (Å²) in [5.41, 5.74) is 1.42. The van der Waals surface area contributed by atoms with Gasteiger partial charge in [0.05, 0.1) is 11.3 Å². The summed E-state index contributed by atoms with van der Waals surface area (Å²) in [4.78, 5) is 16.6. The van der Waals surface area contributed by atoms with E-state index >= 15 is 0 Å². The van der Waals surface area contributed by atoms with Crippen LogP contribution in [0, 0.1) is 5.82 Å². The molecule has 0 unspecified atom stereocenters. The quantitative estimate of drug-likeness (QED) is 0.440. The molecule has 3 aromatic rings. The number of hydrogen-bond acceptors (Lipinski definition) is 4. The van der Waals surface area contributed by atoms with Gasteiger partial charge in [0.2, 0.25) is 5.13 Å². The lowest BCUT2D eigenvalue weighted by atomic mass is 10.2. The maximum absolute atomic E-state index is 13.7. The van der Waals surface area contributed by atoms with Gasteiger partial charge >= 0.3 is 0 Å². The zero-order chi connectivity index (χ0) is 16.4. The number of amides is 1. The van der Waals surface area contributed by atoms with E-state index in [0.717, 1.165) is 10.6 Å². The van der Waals surface area contributed by atoms with E-state index in [9.17, 15) is 9.18 Å². The third-order valence-corrected chi connectivity index (χ3v) is 4.25. The smallest absolute Gasteiger partial charge is 0.267 e. The molecule has 0 fully saturated rings. The number of aromatic nitrogens is 1. The van der Waals surface area contributed by atoms with Crippen LogP contribution in [0.2, 0.25) is 5.02 Å². The average molecular weight is 348 g/mol. The van der Waals surface area contributed by atoms with Crippen LogP contribution >= 0.6 is 22.9 Å². The first kappa shape index (κ1) is 15.6. The van der Waals surface area contributed by atoms with Gasteiger partial charge in [0.1, 0.15) is 5.82 Å². The topological polar surface area (TPSA) is 59.2 Å². The molecule has 7 heteroatoms. The van der Waals surface area contributed by atoms with Crippen LogP contribution in [-0.4, -0.2) is 10.9 Å². The number of benzene rings is 2. The maximum atomic E-state index is 13.7. The van der Waals surface area contributed by atoms with E-state index in [-0.39, 0.29) is 10.7 Å². The van der Waals surface area contributed by atoms with Crippen molar-refractivity contribution in [3.63, 3.8) is 0 Å². The lowest BCUT2D eigenvalue weighted by Gasteiger charge is -2.13. The van der Waals surface area contributed by atoms with E-state index in [1.165, 1.54) is 29.5 Å². The molecule has 2 N–H and O–H groups in total. The SMILES string of the molecule is NN(C(=O)c1ccccc1F)c1nc(-c2ccc(Cl)cc2)cs1. The van der Waals surface area contributed by atoms with Gasteiger partial charge in [0.15, 0.2) is 0 Å². The summed E-state index contributed by atoms with van der Waals surface area (Å²) in [6.45, 7) is 0. The summed E-state index contributed by atoms with van der Waals surface area (Å²) in [5.74, 6) is 4.52. The molecule has 23 heavy (non-hydrogen) atoms. The molecule has 0 aliphatic heterocycles. The minimum absolute atomic E-state index is 0.0988. The first-order valence-corrected chi connectivity index (χ1v) is 7.87. The Morgan fingerprint density at radius 3 is 2.57 bits per heavy atom. The highest BCUT2D eigenvalue weighted by Gasteiger charge is 2.20. The molecule has 0 saturated carbocycles. The number of thiazole rings is 1. The van der Waals surface area contributed by atoms with Crippen LogP contribution in [0.3, 0.4) is 0 Å². The second kappa shape index (κ2) is 6.45. The van der Waals surface area contributed by atoms with Crippen LogP contribution < -0.4 is 10.9 Å². The molecule has 1 heterocycles. The van der Waals surface area contributed by atoms with Gasteiger partial charge in [-0.3, -0.25) is 4.79 Å². The number of nitrogens with zero attached hydrogens (tertiary/aromatic N) is 2. The molecule has 0 aliphatic rings. The number of carbonyl (C=O) groups is 1. The van der Waals surface area contributed by atoms with Crippen LogP contribution in [-0.2, 0) is 0 Å². The fraction of sp³-hybridized carbons (Fsp3) is 0. The van der Waals surface area contributed by atoms with Crippen molar-refractivity contribution in [1.29, 1.82) is 0 Å². The normalized spacial score (nSPS) is 10.6. The van der Waals surface area contributed by atoms with Gasteiger partial charge in [-0.15, -0.1) is 11.3 Å². The Morgan fingerprint density at radius 2 is 1.87 bits per heavy atom.